The van der Waals surface area contributed by atoms with Gasteiger partial charge in [0.2, 0.25) is 6.41 Å². The largest absolute Gasteiger partial charge is 0.417 e. The Balaban J connectivity index is 1.85. The first-order valence-electron chi connectivity index (χ1n) is 9.60. The van der Waals surface area contributed by atoms with Crippen LogP contribution in [0.4, 0.5) is 13.2 Å². The second kappa shape index (κ2) is 8.20. The van der Waals surface area contributed by atoms with Gasteiger partial charge in [-0.25, -0.2) is 4.98 Å². The SMILES string of the molecule is CC(c1ccc(Cl)cc1Cl)n1cnc2cc(C(F)(F)F)c(C3=CCN(C=O)CC3)cc21. The molecule has 4 nitrogen and oxygen atoms in total. The molecule has 1 aromatic heterocycles. The maximum absolute atomic E-state index is 13.8. The summed E-state index contributed by atoms with van der Waals surface area (Å²) in [5.74, 6) is 0. The topological polar surface area (TPSA) is 38.1 Å². The molecule has 1 aliphatic rings. The number of hydrogen-bond acceptors (Lipinski definition) is 2. The van der Waals surface area contributed by atoms with Gasteiger partial charge in [-0.1, -0.05) is 35.3 Å². The van der Waals surface area contributed by atoms with E-state index in [1.807, 2.05) is 6.92 Å². The molecule has 9 heteroatoms. The summed E-state index contributed by atoms with van der Waals surface area (Å²) >= 11 is 12.3. The minimum Gasteiger partial charge on any atom is -0.341 e. The average molecular weight is 468 g/mol. The lowest BCUT2D eigenvalue weighted by Gasteiger charge is -2.25. The lowest BCUT2D eigenvalue weighted by atomic mass is 9.94. The Kier molecular flexibility index (Phi) is 5.75. The summed E-state index contributed by atoms with van der Waals surface area (Å²) in [7, 11) is 0. The molecule has 0 radical (unpaired) electrons. The molecule has 0 aliphatic carbocycles. The molecule has 1 aliphatic heterocycles. The van der Waals surface area contributed by atoms with Crippen molar-refractivity contribution in [2.75, 3.05) is 13.1 Å². The number of amides is 1. The molecule has 0 N–H and O–H groups in total. The zero-order valence-corrected chi connectivity index (χ0v) is 18.0. The predicted octanol–water partition coefficient (Wildman–Crippen LogP) is 6.22. The first-order valence-corrected chi connectivity index (χ1v) is 10.4. The summed E-state index contributed by atoms with van der Waals surface area (Å²) in [6.07, 6.45) is -0.281. The zero-order valence-electron chi connectivity index (χ0n) is 16.5. The number of rotatable bonds is 4. The van der Waals surface area contributed by atoms with Crippen molar-refractivity contribution in [1.29, 1.82) is 0 Å². The number of halogens is 5. The maximum atomic E-state index is 13.8. The number of carbonyl (C=O) groups is 1. The van der Waals surface area contributed by atoms with Crippen molar-refractivity contribution in [2.45, 2.75) is 25.6 Å². The van der Waals surface area contributed by atoms with Gasteiger partial charge in [-0.05, 0) is 54.3 Å². The third-order valence-corrected chi connectivity index (χ3v) is 6.15. The van der Waals surface area contributed by atoms with Gasteiger partial charge in [0.15, 0.2) is 0 Å². The van der Waals surface area contributed by atoms with Crippen LogP contribution >= 0.6 is 23.2 Å². The van der Waals surface area contributed by atoms with Gasteiger partial charge in [-0.2, -0.15) is 13.2 Å². The molecule has 1 atom stereocenters. The van der Waals surface area contributed by atoms with Crippen LogP contribution in [-0.4, -0.2) is 34.0 Å². The lowest BCUT2D eigenvalue weighted by molar-refractivity contribution is -0.137. The summed E-state index contributed by atoms with van der Waals surface area (Å²) < 4.78 is 43.3. The highest BCUT2D eigenvalue weighted by Gasteiger charge is 2.35. The van der Waals surface area contributed by atoms with Crippen LogP contribution < -0.4 is 0 Å². The molecule has 162 valence electrons. The highest BCUT2D eigenvalue weighted by Crippen LogP contribution is 2.40. The third-order valence-electron chi connectivity index (χ3n) is 5.58. The van der Waals surface area contributed by atoms with Crippen molar-refractivity contribution < 1.29 is 18.0 Å². The predicted molar refractivity (Wildman–Crippen MR) is 115 cm³/mol. The summed E-state index contributed by atoms with van der Waals surface area (Å²) in [5, 5.41) is 0.972. The van der Waals surface area contributed by atoms with E-state index in [2.05, 4.69) is 4.98 Å². The van der Waals surface area contributed by atoms with Gasteiger partial charge >= 0.3 is 6.18 Å². The zero-order chi connectivity index (χ0) is 22.3. The highest BCUT2D eigenvalue weighted by molar-refractivity contribution is 6.35. The molecule has 2 heterocycles. The summed E-state index contributed by atoms with van der Waals surface area (Å²) in [5.41, 5.74) is 1.55. The fourth-order valence-corrected chi connectivity index (χ4v) is 4.46. The highest BCUT2D eigenvalue weighted by atomic mass is 35.5. The molecule has 0 spiro atoms. The van der Waals surface area contributed by atoms with Gasteiger partial charge in [0.1, 0.15) is 0 Å². The Hall–Kier alpha value is -2.51. The van der Waals surface area contributed by atoms with Crippen LogP contribution in [0.25, 0.3) is 16.6 Å². The van der Waals surface area contributed by atoms with Gasteiger partial charge in [0, 0.05) is 23.1 Å². The van der Waals surface area contributed by atoms with Crippen LogP contribution in [0, 0.1) is 0 Å². The summed E-state index contributed by atoms with van der Waals surface area (Å²) in [4.78, 5) is 16.7. The molecular formula is C22H18Cl2F3N3O. The number of hydrogen-bond donors (Lipinski definition) is 0. The van der Waals surface area contributed by atoms with E-state index in [9.17, 15) is 18.0 Å². The third kappa shape index (κ3) is 4.16. The smallest absolute Gasteiger partial charge is 0.341 e. The van der Waals surface area contributed by atoms with Gasteiger partial charge in [-0.3, -0.25) is 4.79 Å². The normalized spacial score (nSPS) is 15.8. The van der Waals surface area contributed by atoms with Crippen LogP contribution in [0.1, 0.15) is 36.1 Å². The number of aromatic nitrogens is 2. The van der Waals surface area contributed by atoms with Crippen molar-refractivity contribution in [3.63, 3.8) is 0 Å². The number of fused-ring (bicyclic) bond motifs is 1. The van der Waals surface area contributed by atoms with E-state index >= 15 is 0 Å². The number of benzene rings is 2. The van der Waals surface area contributed by atoms with Crippen LogP contribution in [0.2, 0.25) is 10.0 Å². The number of carbonyl (C=O) groups excluding carboxylic acids is 1. The van der Waals surface area contributed by atoms with Gasteiger partial charge in [0.05, 0.1) is 29.0 Å². The molecule has 3 aromatic rings. The molecule has 0 saturated heterocycles. The number of alkyl halides is 3. The minimum absolute atomic E-state index is 0.113. The lowest BCUT2D eigenvalue weighted by Crippen LogP contribution is -2.27. The van der Waals surface area contributed by atoms with E-state index in [0.29, 0.717) is 40.5 Å². The van der Waals surface area contributed by atoms with E-state index in [1.54, 1.807) is 28.8 Å². The molecule has 0 fully saturated rings. The molecule has 31 heavy (non-hydrogen) atoms. The molecule has 2 aromatic carbocycles. The Morgan fingerprint density at radius 1 is 1.19 bits per heavy atom. The molecule has 1 unspecified atom stereocenters. The van der Waals surface area contributed by atoms with Crippen LogP contribution in [0.3, 0.4) is 0 Å². The molecule has 0 bridgehead atoms. The Labute approximate surface area is 186 Å². The van der Waals surface area contributed by atoms with Gasteiger partial charge < -0.3 is 9.47 Å². The van der Waals surface area contributed by atoms with Crippen LogP contribution in [0.15, 0.2) is 42.7 Å². The van der Waals surface area contributed by atoms with Crippen LogP contribution in [-0.2, 0) is 11.0 Å². The molecule has 1 amide bonds. The van der Waals surface area contributed by atoms with Gasteiger partial charge in [-0.15, -0.1) is 0 Å². The van der Waals surface area contributed by atoms with Crippen molar-refractivity contribution in [3.8, 4) is 0 Å². The number of imidazole rings is 1. The second-order valence-corrected chi connectivity index (χ2v) is 8.30. The van der Waals surface area contributed by atoms with Crippen LogP contribution in [0.5, 0.6) is 0 Å². The van der Waals surface area contributed by atoms with E-state index in [0.717, 1.165) is 11.6 Å². The second-order valence-electron chi connectivity index (χ2n) is 7.46. The Bertz CT molecular complexity index is 1190. The monoisotopic (exact) mass is 467 g/mol. The quantitative estimate of drug-likeness (QED) is 0.427. The molecular weight excluding hydrogens is 450 g/mol. The van der Waals surface area contributed by atoms with Crippen molar-refractivity contribution in [3.05, 3.63) is 69.5 Å². The van der Waals surface area contributed by atoms with Gasteiger partial charge in [0.25, 0.3) is 0 Å². The van der Waals surface area contributed by atoms with E-state index < -0.39 is 11.7 Å². The maximum Gasteiger partial charge on any atom is 0.417 e. The Morgan fingerprint density at radius 2 is 1.97 bits per heavy atom. The molecule has 0 saturated carbocycles. The van der Waals surface area contributed by atoms with Crippen molar-refractivity contribution >= 4 is 46.2 Å². The minimum atomic E-state index is -4.53. The first-order chi connectivity index (χ1) is 14.7. The van der Waals surface area contributed by atoms with Crippen molar-refractivity contribution in [1.82, 2.24) is 14.5 Å². The van der Waals surface area contributed by atoms with E-state index in [-0.39, 0.29) is 23.7 Å². The Morgan fingerprint density at radius 3 is 2.58 bits per heavy atom. The van der Waals surface area contributed by atoms with E-state index in [1.165, 1.54) is 17.3 Å². The summed E-state index contributed by atoms with van der Waals surface area (Å²) in [6, 6.07) is 7.50. The van der Waals surface area contributed by atoms with Crippen molar-refractivity contribution in [2.24, 2.45) is 0 Å². The first kappa shape index (κ1) is 21.7. The number of nitrogens with zero attached hydrogens (tertiary/aromatic N) is 3. The van der Waals surface area contributed by atoms with E-state index in [4.69, 9.17) is 23.2 Å². The summed E-state index contributed by atoms with van der Waals surface area (Å²) in [6.45, 7) is 2.56. The fraction of sp³-hybridized carbons (Fsp3) is 0.273. The standard InChI is InChI=1S/C22H18Cl2F3N3O/c1-13(16-3-2-15(23)8-19(16)24)30-11-28-20-10-18(22(25,26)27)17(9-21(20)30)14-4-6-29(12-31)7-5-14/h2-4,8-13H,5-7H2,1H3. The average Bonchev–Trinajstić information content (AvgIpc) is 3.15. The fourth-order valence-electron chi connectivity index (χ4n) is 3.90. The molecule has 4 rings (SSSR count).